The first-order chi connectivity index (χ1) is 10.3. The highest BCUT2D eigenvalue weighted by atomic mass is 32.2. The molecule has 126 valence electrons. The molecule has 1 N–H and O–H groups in total. The summed E-state index contributed by atoms with van der Waals surface area (Å²) in [5.74, 6) is -1.44. The van der Waals surface area contributed by atoms with Gasteiger partial charge >= 0.3 is 5.97 Å². The number of hydrogen-bond acceptors (Lipinski definition) is 4. The number of likely N-dealkylation sites (tertiary alicyclic amines) is 1. The van der Waals surface area contributed by atoms with Crippen LogP contribution in [0.5, 0.6) is 0 Å². The number of sulfonamides is 1. The van der Waals surface area contributed by atoms with E-state index >= 15 is 0 Å². The first-order valence-corrected chi connectivity index (χ1v) is 9.45. The molecule has 2 fully saturated rings. The molecule has 8 heteroatoms. The number of hydrogen-bond donors (Lipinski definition) is 1. The molecule has 0 radical (unpaired) electrons. The van der Waals surface area contributed by atoms with E-state index in [-0.39, 0.29) is 24.1 Å². The van der Waals surface area contributed by atoms with Crippen molar-refractivity contribution in [1.29, 1.82) is 0 Å². The molecule has 0 aromatic carbocycles. The number of aliphatic carboxylic acids is 1. The van der Waals surface area contributed by atoms with E-state index in [9.17, 15) is 18.0 Å². The van der Waals surface area contributed by atoms with Crippen LogP contribution in [0.3, 0.4) is 0 Å². The number of rotatable bonds is 4. The molecular weight excluding hydrogens is 308 g/mol. The monoisotopic (exact) mass is 332 g/mol. The van der Waals surface area contributed by atoms with Crippen LogP contribution in [-0.4, -0.2) is 66.5 Å². The molecule has 7 nitrogen and oxygen atoms in total. The molecule has 0 aromatic rings. The molecule has 1 atom stereocenters. The van der Waals surface area contributed by atoms with Crippen molar-refractivity contribution in [2.45, 2.75) is 32.6 Å². The summed E-state index contributed by atoms with van der Waals surface area (Å²) in [5, 5.41) is 9.09. The Labute approximate surface area is 131 Å². The second-order valence-electron chi connectivity index (χ2n) is 6.04. The summed E-state index contributed by atoms with van der Waals surface area (Å²) in [6.45, 7) is 3.26. The summed E-state index contributed by atoms with van der Waals surface area (Å²) in [6, 6.07) is 0. The van der Waals surface area contributed by atoms with Gasteiger partial charge in [-0.2, -0.15) is 0 Å². The van der Waals surface area contributed by atoms with Crippen molar-refractivity contribution < 1.29 is 23.1 Å². The minimum Gasteiger partial charge on any atom is -0.481 e. The quantitative estimate of drug-likeness (QED) is 0.802. The van der Waals surface area contributed by atoms with Crippen molar-refractivity contribution in [3.63, 3.8) is 0 Å². The van der Waals surface area contributed by atoms with E-state index in [0.29, 0.717) is 45.3 Å². The summed E-state index contributed by atoms with van der Waals surface area (Å²) < 4.78 is 25.1. The van der Waals surface area contributed by atoms with Crippen molar-refractivity contribution in [1.82, 2.24) is 9.21 Å². The number of carbonyl (C=O) groups is 2. The summed E-state index contributed by atoms with van der Waals surface area (Å²) in [6.07, 6.45) is 2.37. The van der Waals surface area contributed by atoms with Crippen LogP contribution in [0.2, 0.25) is 0 Å². The Kier molecular flexibility index (Phi) is 5.44. The number of nitrogens with zero attached hydrogens (tertiary/aromatic N) is 2. The van der Waals surface area contributed by atoms with Gasteiger partial charge in [0.2, 0.25) is 15.9 Å². The van der Waals surface area contributed by atoms with Crippen LogP contribution in [0.1, 0.15) is 32.6 Å². The topological polar surface area (TPSA) is 95.0 Å². The van der Waals surface area contributed by atoms with Crippen LogP contribution < -0.4 is 0 Å². The minimum atomic E-state index is -3.18. The number of amides is 1. The highest BCUT2D eigenvalue weighted by Gasteiger charge is 2.35. The van der Waals surface area contributed by atoms with Gasteiger partial charge < -0.3 is 10.0 Å². The van der Waals surface area contributed by atoms with Crippen LogP contribution in [-0.2, 0) is 19.6 Å². The molecule has 2 heterocycles. The van der Waals surface area contributed by atoms with E-state index < -0.39 is 21.9 Å². The third-order valence-corrected chi connectivity index (χ3v) is 6.53. The molecule has 0 bridgehead atoms. The maximum atomic E-state index is 12.5. The van der Waals surface area contributed by atoms with Gasteiger partial charge in [0.25, 0.3) is 0 Å². The minimum absolute atomic E-state index is 0.0144. The average molecular weight is 332 g/mol. The largest absolute Gasteiger partial charge is 0.481 e. The van der Waals surface area contributed by atoms with Crippen molar-refractivity contribution in [2.75, 3.05) is 31.9 Å². The Hall–Kier alpha value is -1.15. The van der Waals surface area contributed by atoms with Crippen LogP contribution in [0, 0.1) is 11.8 Å². The molecule has 0 saturated carbocycles. The molecule has 2 saturated heterocycles. The van der Waals surface area contributed by atoms with Crippen molar-refractivity contribution >= 4 is 21.9 Å². The van der Waals surface area contributed by atoms with Crippen molar-refractivity contribution in [2.24, 2.45) is 11.8 Å². The van der Waals surface area contributed by atoms with E-state index in [2.05, 4.69) is 0 Å². The fourth-order valence-corrected chi connectivity index (χ4v) is 4.33. The second kappa shape index (κ2) is 6.95. The summed E-state index contributed by atoms with van der Waals surface area (Å²) in [5.41, 5.74) is 0. The number of carboxylic acids is 1. The first kappa shape index (κ1) is 17.2. The highest BCUT2D eigenvalue weighted by molar-refractivity contribution is 7.89. The summed E-state index contributed by atoms with van der Waals surface area (Å²) in [4.78, 5) is 25.2. The second-order valence-corrected chi connectivity index (χ2v) is 8.29. The Morgan fingerprint density at radius 1 is 1.09 bits per heavy atom. The van der Waals surface area contributed by atoms with Gasteiger partial charge in [-0.25, -0.2) is 12.7 Å². The third-order valence-electron chi connectivity index (χ3n) is 4.64. The van der Waals surface area contributed by atoms with Crippen LogP contribution in [0.15, 0.2) is 0 Å². The zero-order chi connectivity index (χ0) is 16.3. The molecule has 0 aromatic heterocycles. The van der Waals surface area contributed by atoms with Crippen LogP contribution >= 0.6 is 0 Å². The maximum absolute atomic E-state index is 12.5. The number of carboxylic acid groups (broad SMARTS) is 1. The van der Waals surface area contributed by atoms with Gasteiger partial charge in [-0.3, -0.25) is 9.59 Å². The Bertz CT molecular complexity index is 525. The molecule has 0 spiro atoms. The first-order valence-electron chi connectivity index (χ1n) is 7.84. The zero-order valence-corrected chi connectivity index (χ0v) is 13.7. The molecule has 22 heavy (non-hydrogen) atoms. The van der Waals surface area contributed by atoms with Crippen molar-refractivity contribution in [3.05, 3.63) is 0 Å². The van der Waals surface area contributed by atoms with E-state index in [0.717, 1.165) is 0 Å². The Morgan fingerprint density at radius 2 is 1.73 bits per heavy atom. The van der Waals surface area contributed by atoms with Crippen LogP contribution in [0.4, 0.5) is 0 Å². The number of carbonyl (C=O) groups excluding carboxylic acids is 1. The van der Waals surface area contributed by atoms with E-state index in [1.807, 2.05) is 0 Å². The Morgan fingerprint density at radius 3 is 2.27 bits per heavy atom. The van der Waals surface area contributed by atoms with Gasteiger partial charge in [-0.1, -0.05) is 0 Å². The van der Waals surface area contributed by atoms with Gasteiger partial charge in [0.1, 0.15) is 0 Å². The average Bonchev–Trinajstić information content (AvgIpc) is 2.54. The summed E-state index contributed by atoms with van der Waals surface area (Å²) >= 11 is 0. The lowest BCUT2D eigenvalue weighted by atomic mass is 9.93. The Balaban J connectivity index is 1.91. The van der Waals surface area contributed by atoms with E-state index in [1.54, 1.807) is 11.8 Å². The zero-order valence-electron chi connectivity index (χ0n) is 12.9. The molecule has 2 aliphatic heterocycles. The van der Waals surface area contributed by atoms with Gasteiger partial charge in [-0.15, -0.1) is 0 Å². The lowest BCUT2D eigenvalue weighted by Crippen LogP contribution is -2.48. The normalized spacial score (nSPS) is 25.1. The van der Waals surface area contributed by atoms with Gasteiger partial charge in [0.05, 0.1) is 11.7 Å². The molecule has 0 aliphatic carbocycles. The van der Waals surface area contributed by atoms with Crippen LogP contribution in [0.25, 0.3) is 0 Å². The molecular formula is C14H24N2O5S. The number of piperidine rings is 2. The SMILES string of the molecule is CCS(=O)(=O)N1CCC(C(=O)N2CCCC(C(=O)O)C2)CC1. The maximum Gasteiger partial charge on any atom is 0.308 e. The smallest absolute Gasteiger partial charge is 0.308 e. The lowest BCUT2D eigenvalue weighted by molar-refractivity contribution is -0.147. The van der Waals surface area contributed by atoms with Gasteiger partial charge in [0.15, 0.2) is 0 Å². The van der Waals surface area contributed by atoms with Gasteiger partial charge in [0, 0.05) is 32.1 Å². The fraction of sp³-hybridized carbons (Fsp3) is 0.857. The molecule has 1 unspecified atom stereocenters. The van der Waals surface area contributed by atoms with Crippen molar-refractivity contribution in [3.8, 4) is 0 Å². The van der Waals surface area contributed by atoms with E-state index in [1.165, 1.54) is 4.31 Å². The predicted molar refractivity (Wildman–Crippen MR) is 80.7 cm³/mol. The highest BCUT2D eigenvalue weighted by Crippen LogP contribution is 2.25. The fourth-order valence-electron chi connectivity index (χ4n) is 3.20. The third kappa shape index (κ3) is 3.78. The molecule has 1 amide bonds. The predicted octanol–water partition coefficient (Wildman–Crippen LogP) is 0.371. The van der Waals surface area contributed by atoms with E-state index in [4.69, 9.17) is 5.11 Å². The molecule has 2 aliphatic rings. The standard InChI is InChI=1S/C14H24N2O5S/c1-2-22(20,21)16-8-5-11(6-9-16)13(17)15-7-3-4-12(10-15)14(18)19/h11-12H,2-10H2,1H3,(H,18,19). The summed E-state index contributed by atoms with van der Waals surface area (Å²) in [7, 11) is -3.18. The van der Waals surface area contributed by atoms with Gasteiger partial charge in [-0.05, 0) is 32.6 Å². The lowest BCUT2D eigenvalue weighted by Gasteiger charge is -2.36. The molecule has 2 rings (SSSR count).